The molecule has 2 fully saturated rings. The van der Waals surface area contributed by atoms with Crippen LogP contribution in [0.25, 0.3) is 10.9 Å². The molecule has 0 bridgehead atoms. The number of nitrogen functional groups attached to an aromatic ring is 1. The highest BCUT2D eigenvalue weighted by atomic mass is 35.5. The number of imide groups is 1. The molecule has 38 heavy (non-hydrogen) atoms. The fourth-order valence-electron chi connectivity index (χ4n) is 5.14. The molecule has 10 heteroatoms. The Morgan fingerprint density at radius 2 is 1.76 bits per heavy atom. The summed E-state index contributed by atoms with van der Waals surface area (Å²) in [5.41, 5.74) is 8.59. The average Bonchev–Trinajstić information content (AvgIpc) is 3.09. The molecule has 2 aromatic carbocycles. The van der Waals surface area contributed by atoms with Crippen molar-refractivity contribution >= 4 is 51.9 Å². The highest BCUT2D eigenvalue weighted by Crippen LogP contribution is 2.30. The standard InChI is InChI=1S/C28H31ClN6O3/c29-20-9-10-21-23(17-20)31-25(30)18-24(21)33-12-14-34(15-13-33)28(38)32-22-8-4-5-11-35(27(22)37)26(36)16-19-6-2-1-3-7-19/h1-3,6-7,9-10,17-18,22H,4-5,8,11-16H2,(H2,30,31)(H,32,38)/t22-/m0/s1. The van der Waals surface area contributed by atoms with E-state index in [2.05, 4.69) is 15.2 Å². The number of halogens is 1. The molecule has 2 aliphatic heterocycles. The number of hydrogen-bond donors (Lipinski definition) is 2. The van der Waals surface area contributed by atoms with Gasteiger partial charge in [-0.05, 0) is 43.0 Å². The maximum atomic E-state index is 13.2. The monoisotopic (exact) mass is 534 g/mol. The first kappa shape index (κ1) is 25.8. The Bertz CT molecular complexity index is 1340. The highest BCUT2D eigenvalue weighted by Gasteiger charge is 2.33. The van der Waals surface area contributed by atoms with Crippen LogP contribution in [-0.2, 0) is 16.0 Å². The quantitative estimate of drug-likeness (QED) is 0.530. The van der Waals surface area contributed by atoms with Gasteiger partial charge in [0.05, 0.1) is 11.9 Å². The van der Waals surface area contributed by atoms with Crippen molar-refractivity contribution in [1.82, 2.24) is 20.1 Å². The van der Waals surface area contributed by atoms with Crippen LogP contribution in [0, 0.1) is 0 Å². The summed E-state index contributed by atoms with van der Waals surface area (Å²) in [4.78, 5) is 48.9. The highest BCUT2D eigenvalue weighted by molar-refractivity contribution is 6.31. The fraction of sp³-hybridized carbons (Fsp3) is 0.357. The maximum absolute atomic E-state index is 13.2. The van der Waals surface area contributed by atoms with E-state index < -0.39 is 6.04 Å². The van der Waals surface area contributed by atoms with Gasteiger partial charge in [-0.3, -0.25) is 14.5 Å². The van der Waals surface area contributed by atoms with Crippen molar-refractivity contribution in [2.24, 2.45) is 0 Å². The Kier molecular flexibility index (Phi) is 7.64. The van der Waals surface area contributed by atoms with Crippen molar-refractivity contribution in [2.75, 3.05) is 43.4 Å². The predicted octanol–water partition coefficient (Wildman–Crippen LogP) is 3.45. The predicted molar refractivity (Wildman–Crippen MR) is 148 cm³/mol. The Hall–Kier alpha value is -3.85. The van der Waals surface area contributed by atoms with Crippen LogP contribution in [0.15, 0.2) is 54.6 Å². The van der Waals surface area contributed by atoms with Crippen molar-refractivity contribution in [2.45, 2.75) is 31.7 Å². The molecule has 2 saturated heterocycles. The van der Waals surface area contributed by atoms with Crippen LogP contribution in [0.1, 0.15) is 24.8 Å². The van der Waals surface area contributed by atoms with Gasteiger partial charge in [0.2, 0.25) is 5.91 Å². The number of anilines is 2. The Morgan fingerprint density at radius 1 is 1.00 bits per heavy atom. The molecule has 0 radical (unpaired) electrons. The summed E-state index contributed by atoms with van der Waals surface area (Å²) < 4.78 is 0. The maximum Gasteiger partial charge on any atom is 0.318 e. The Morgan fingerprint density at radius 3 is 2.53 bits per heavy atom. The minimum absolute atomic E-state index is 0.162. The number of pyridine rings is 1. The number of aromatic nitrogens is 1. The van der Waals surface area contributed by atoms with Crippen molar-refractivity contribution in [3.8, 4) is 0 Å². The van der Waals surface area contributed by atoms with Crippen LogP contribution in [0.5, 0.6) is 0 Å². The van der Waals surface area contributed by atoms with E-state index in [0.717, 1.165) is 35.0 Å². The molecule has 3 heterocycles. The second kappa shape index (κ2) is 11.3. The largest absolute Gasteiger partial charge is 0.384 e. The number of amides is 4. The van der Waals surface area contributed by atoms with Gasteiger partial charge in [-0.1, -0.05) is 41.9 Å². The molecule has 2 aliphatic rings. The average molecular weight is 535 g/mol. The third-order valence-corrected chi connectivity index (χ3v) is 7.40. The summed E-state index contributed by atoms with van der Waals surface area (Å²) in [6.07, 6.45) is 2.17. The zero-order valence-corrected chi connectivity index (χ0v) is 21.9. The van der Waals surface area contributed by atoms with E-state index in [4.69, 9.17) is 17.3 Å². The summed E-state index contributed by atoms with van der Waals surface area (Å²) >= 11 is 6.13. The molecule has 198 valence electrons. The molecule has 0 spiro atoms. The number of nitrogens with zero attached hydrogens (tertiary/aromatic N) is 4. The normalized spacial score (nSPS) is 18.4. The smallest absolute Gasteiger partial charge is 0.318 e. The number of urea groups is 1. The number of carbonyl (C=O) groups excluding carboxylic acids is 3. The van der Waals surface area contributed by atoms with E-state index in [1.807, 2.05) is 48.5 Å². The number of nitrogens with two attached hydrogens (primary N) is 1. The van der Waals surface area contributed by atoms with Gasteiger partial charge in [0, 0.05) is 54.9 Å². The van der Waals surface area contributed by atoms with Gasteiger partial charge >= 0.3 is 6.03 Å². The summed E-state index contributed by atoms with van der Waals surface area (Å²) in [6.45, 7) is 2.56. The molecule has 3 N–H and O–H groups in total. The lowest BCUT2D eigenvalue weighted by Crippen LogP contribution is -2.56. The number of benzene rings is 2. The van der Waals surface area contributed by atoms with E-state index in [1.165, 1.54) is 4.90 Å². The molecule has 0 unspecified atom stereocenters. The van der Waals surface area contributed by atoms with Crippen molar-refractivity contribution < 1.29 is 14.4 Å². The lowest BCUT2D eigenvalue weighted by Gasteiger charge is -2.37. The molecule has 0 saturated carbocycles. The van der Waals surface area contributed by atoms with Crippen LogP contribution in [0.3, 0.4) is 0 Å². The topological polar surface area (TPSA) is 112 Å². The van der Waals surface area contributed by atoms with Gasteiger partial charge in [-0.25, -0.2) is 9.78 Å². The Balaban J connectivity index is 1.21. The number of piperazine rings is 1. The number of fused-ring (bicyclic) bond motifs is 1. The summed E-state index contributed by atoms with van der Waals surface area (Å²) in [5.74, 6) is -0.151. The van der Waals surface area contributed by atoms with Gasteiger partial charge in [0.25, 0.3) is 5.91 Å². The number of nitrogens with one attached hydrogen (secondary N) is 1. The molecule has 3 aromatic rings. The molecule has 5 rings (SSSR count). The first-order valence-corrected chi connectivity index (χ1v) is 13.3. The second-order valence-corrected chi connectivity index (χ2v) is 10.2. The zero-order valence-electron chi connectivity index (χ0n) is 21.1. The zero-order chi connectivity index (χ0) is 26.6. The molecular formula is C28H31ClN6O3. The summed E-state index contributed by atoms with van der Waals surface area (Å²) in [5, 5.41) is 4.45. The lowest BCUT2D eigenvalue weighted by molar-refractivity contribution is -0.145. The van der Waals surface area contributed by atoms with Gasteiger partial charge in [0.15, 0.2) is 0 Å². The van der Waals surface area contributed by atoms with E-state index in [1.54, 1.807) is 11.0 Å². The number of rotatable bonds is 4. The minimum Gasteiger partial charge on any atom is -0.384 e. The van der Waals surface area contributed by atoms with Crippen molar-refractivity contribution in [3.05, 3.63) is 65.2 Å². The van der Waals surface area contributed by atoms with Crippen molar-refractivity contribution in [3.63, 3.8) is 0 Å². The van der Waals surface area contributed by atoms with E-state index in [9.17, 15) is 14.4 Å². The summed E-state index contributed by atoms with van der Waals surface area (Å²) in [7, 11) is 0. The first-order chi connectivity index (χ1) is 18.4. The Labute approximate surface area is 226 Å². The van der Waals surface area contributed by atoms with Gasteiger partial charge in [-0.2, -0.15) is 0 Å². The number of carbonyl (C=O) groups is 3. The second-order valence-electron chi connectivity index (χ2n) is 9.75. The first-order valence-electron chi connectivity index (χ1n) is 12.9. The van der Waals surface area contributed by atoms with Crippen LogP contribution in [0.4, 0.5) is 16.3 Å². The van der Waals surface area contributed by atoms with Crippen LogP contribution in [-0.4, -0.2) is 71.4 Å². The molecular weight excluding hydrogens is 504 g/mol. The van der Waals surface area contributed by atoms with E-state index >= 15 is 0 Å². The molecule has 1 aromatic heterocycles. The lowest BCUT2D eigenvalue weighted by atomic mass is 10.1. The minimum atomic E-state index is -0.712. The molecule has 4 amide bonds. The molecule has 9 nitrogen and oxygen atoms in total. The molecule has 1 atom stereocenters. The third-order valence-electron chi connectivity index (χ3n) is 7.16. The van der Waals surface area contributed by atoms with E-state index in [0.29, 0.717) is 50.0 Å². The fourth-order valence-corrected chi connectivity index (χ4v) is 5.31. The van der Waals surface area contributed by atoms with Gasteiger partial charge in [0.1, 0.15) is 11.9 Å². The molecule has 0 aliphatic carbocycles. The van der Waals surface area contributed by atoms with Crippen LogP contribution >= 0.6 is 11.6 Å². The van der Waals surface area contributed by atoms with Crippen LogP contribution < -0.4 is 16.0 Å². The number of hydrogen-bond acceptors (Lipinski definition) is 6. The van der Waals surface area contributed by atoms with Gasteiger partial charge in [-0.15, -0.1) is 0 Å². The summed E-state index contributed by atoms with van der Waals surface area (Å²) in [6, 6.07) is 15.8. The number of likely N-dealkylation sites (tertiary alicyclic amines) is 1. The van der Waals surface area contributed by atoms with Gasteiger partial charge < -0.3 is 20.9 Å². The van der Waals surface area contributed by atoms with Crippen molar-refractivity contribution in [1.29, 1.82) is 0 Å². The SMILES string of the molecule is Nc1cc(N2CCN(C(=O)N[C@H]3CCCCN(C(=O)Cc4ccccc4)C3=O)CC2)c2ccc(Cl)cc2n1. The van der Waals surface area contributed by atoms with Crippen LogP contribution in [0.2, 0.25) is 5.02 Å². The van der Waals surface area contributed by atoms with E-state index in [-0.39, 0.29) is 24.3 Å². The third kappa shape index (κ3) is 5.67.